The summed E-state index contributed by atoms with van der Waals surface area (Å²) in [6.45, 7) is 15.0. The predicted molar refractivity (Wildman–Crippen MR) is 314 cm³/mol. The standard InChI is InChI=1S/C23H22F3NO3S2.C12H9ClF3NS.C11H13ClO5S.C11H14O3S/c1-4-29-21(28)12-30-19-10-9-18(11-14(19)2)31-13-20-15(3)27-22(32-20)16-5-7-17(8-6-16)23(24,25)26;1-7-10(6-13)18-11(17-7)8-2-4-9(5-3-8)12(14,15)16;1-3-16-11(13)7-17-10-5-4-9(6-8(10)2)18(12,14)15;1-3-13-11(12)7-14-10-5-4-9(15)6-8(10)2/h5-11H,4,12-13H2,1-3H3;2-5H,6H2,1H3;4-6H,3,7H2,1-2H3;4-6,15H,3,7H2,1-2H3. The number of carbonyl (C=O) groups excluding carboxylic acids is 3. The minimum absolute atomic E-state index is 0.00912. The molecule has 0 aliphatic heterocycles. The van der Waals surface area contributed by atoms with Gasteiger partial charge in [-0.1, -0.05) is 24.3 Å². The molecular formula is C57H58Cl2F6N2O11S5. The van der Waals surface area contributed by atoms with Crippen molar-refractivity contribution < 1.29 is 77.6 Å². The van der Waals surface area contributed by atoms with E-state index < -0.39 is 44.5 Å². The summed E-state index contributed by atoms with van der Waals surface area (Å²) in [5, 5.41) is 1.39. The van der Waals surface area contributed by atoms with E-state index in [0.717, 1.165) is 66.3 Å². The summed E-state index contributed by atoms with van der Waals surface area (Å²) in [4.78, 5) is 46.3. The average Bonchev–Trinajstić information content (AvgIpc) is 4.28. The van der Waals surface area contributed by atoms with Gasteiger partial charge in [0.15, 0.2) is 19.8 Å². The van der Waals surface area contributed by atoms with E-state index in [2.05, 4.69) is 22.6 Å². The molecule has 13 nitrogen and oxygen atoms in total. The minimum atomic E-state index is -4.35. The number of aromatic nitrogens is 2. The number of carbonyl (C=O) groups is 3. The van der Waals surface area contributed by atoms with Crippen LogP contribution >= 0.6 is 69.3 Å². The summed E-state index contributed by atoms with van der Waals surface area (Å²) < 4.78 is 128. The van der Waals surface area contributed by atoms with Crippen molar-refractivity contribution in [1.82, 2.24) is 9.97 Å². The molecule has 0 aliphatic rings. The lowest BCUT2D eigenvalue weighted by molar-refractivity contribution is -0.146. The fourth-order valence-corrected chi connectivity index (χ4v) is 11.3. The van der Waals surface area contributed by atoms with Gasteiger partial charge in [0, 0.05) is 47.1 Å². The highest BCUT2D eigenvalue weighted by Gasteiger charge is 2.31. The Kier molecular flexibility index (Phi) is 27.5. The van der Waals surface area contributed by atoms with Crippen molar-refractivity contribution in [2.24, 2.45) is 0 Å². The number of thioether (sulfide) groups is 1. The zero-order chi connectivity index (χ0) is 61.7. The number of alkyl halides is 7. The second-order valence-corrected chi connectivity index (χ2v) is 23.7. The second kappa shape index (κ2) is 32.9. The SMILES string of the molecule is CCOC(=O)COc1ccc(S(=O)(=O)Cl)cc1C.CCOC(=O)COc1ccc(S)cc1C.CCOC(=O)COc1ccc(SCc2sc(-c3ccc(C(F)(F)F)cc3)nc2C)cc1C.Cc1nc(-c2ccc(C(F)(F)F)cc2)sc1CCl. The van der Waals surface area contributed by atoms with Crippen molar-refractivity contribution >= 4 is 96.3 Å². The fraction of sp³-hybridized carbons (Fsp3) is 0.316. The van der Waals surface area contributed by atoms with Crippen molar-refractivity contribution in [3.8, 4) is 38.4 Å². The van der Waals surface area contributed by atoms with Crippen LogP contribution in [-0.4, -0.2) is 75.9 Å². The molecule has 0 aliphatic carbocycles. The molecule has 0 saturated heterocycles. The van der Waals surface area contributed by atoms with Crippen molar-refractivity contribution in [2.45, 2.75) is 94.1 Å². The van der Waals surface area contributed by atoms with Crippen LogP contribution in [0.5, 0.6) is 17.2 Å². The number of esters is 3. The van der Waals surface area contributed by atoms with Crippen molar-refractivity contribution in [3.05, 3.63) is 152 Å². The lowest BCUT2D eigenvalue weighted by Gasteiger charge is -2.10. The van der Waals surface area contributed by atoms with Gasteiger partial charge in [0.2, 0.25) is 0 Å². The van der Waals surface area contributed by atoms with E-state index in [0.29, 0.717) is 68.8 Å². The lowest BCUT2D eigenvalue weighted by atomic mass is 10.1. The maximum absolute atomic E-state index is 12.8. The van der Waals surface area contributed by atoms with Gasteiger partial charge in [-0.05, 0) is 151 Å². The molecule has 7 aromatic rings. The number of ether oxygens (including phenoxy) is 6. The molecule has 5 aromatic carbocycles. The molecule has 0 saturated carbocycles. The highest BCUT2D eigenvalue weighted by Crippen LogP contribution is 2.37. The summed E-state index contributed by atoms with van der Waals surface area (Å²) >= 11 is 14.4. The molecule has 0 amide bonds. The first-order valence-electron chi connectivity index (χ1n) is 24.8. The zero-order valence-electron chi connectivity index (χ0n) is 46.0. The number of hydrogen-bond donors (Lipinski definition) is 1. The van der Waals surface area contributed by atoms with Gasteiger partial charge in [-0.3, -0.25) is 0 Å². The summed E-state index contributed by atoms with van der Waals surface area (Å²) in [5.74, 6) is 1.53. The van der Waals surface area contributed by atoms with E-state index >= 15 is 0 Å². The van der Waals surface area contributed by atoms with Crippen LogP contribution < -0.4 is 14.2 Å². The normalized spacial score (nSPS) is 11.1. The van der Waals surface area contributed by atoms with Crippen LogP contribution in [0.4, 0.5) is 26.3 Å². The highest BCUT2D eigenvalue weighted by atomic mass is 35.7. The van der Waals surface area contributed by atoms with Crippen LogP contribution in [0.1, 0.15) is 69.7 Å². The van der Waals surface area contributed by atoms with Crippen molar-refractivity contribution in [2.75, 3.05) is 39.6 Å². The molecule has 0 atom stereocenters. The van der Waals surface area contributed by atoms with Gasteiger partial charge in [0.05, 0.1) is 53.1 Å². The molecule has 2 aromatic heterocycles. The number of thiazole rings is 2. The highest BCUT2D eigenvalue weighted by molar-refractivity contribution is 8.13. The van der Waals surface area contributed by atoms with Crippen molar-refractivity contribution in [3.63, 3.8) is 0 Å². The van der Waals surface area contributed by atoms with Crippen LogP contribution in [0.15, 0.2) is 118 Å². The first-order chi connectivity index (χ1) is 39.1. The summed E-state index contributed by atoms with van der Waals surface area (Å²) in [7, 11) is 1.45. The molecule has 83 heavy (non-hydrogen) atoms. The summed E-state index contributed by atoms with van der Waals surface area (Å²) in [6, 6.07) is 25.4. The number of rotatable bonds is 19. The van der Waals surface area contributed by atoms with Crippen LogP contribution in [0.2, 0.25) is 0 Å². The Labute approximate surface area is 504 Å². The summed E-state index contributed by atoms with van der Waals surface area (Å²) in [6.07, 6.45) is -8.66. The van der Waals surface area contributed by atoms with E-state index in [1.165, 1.54) is 65.1 Å². The fourth-order valence-electron chi connectivity index (χ4n) is 6.74. The molecule has 0 fully saturated rings. The number of hydrogen-bond acceptors (Lipinski definition) is 17. The van der Waals surface area contributed by atoms with Crippen LogP contribution in [0.25, 0.3) is 21.1 Å². The number of thiol groups is 1. The first-order valence-corrected chi connectivity index (χ1v) is 30.7. The molecule has 0 N–H and O–H groups in total. The lowest BCUT2D eigenvalue weighted by Crippen LogP contribution is -2.15. The Morgan fingerprint density at radius 2 is 0.952 bits per heavy atom. The third kappa shape index (κ3) is 23.2. The first kappa shape index (κ1) is 69.5. The van der Waals surface area contributed by atoms with Gasteiger partial charge in [-0.2, -0.15) is 26.3 Å². The van der Waals surface area contributed by atoms with Gasteiger partial charge < -0.3 is 28.4 Å². The predicted octanol–water partition coefficient (Wildman–Crippen LogP) is 15.6. The summed E-state index contributed by atoms with van der Waals surface area (Å²) in [5.41, 5.74) is 4.13. The van der Waals surface area contributed by atoms with Gasteiger partial charge in [0.1, 0.15) is 27.3 Å². The number of benzene rings is 5. The smallest absolute Gasteiger partial charge is 0.416 e. The topological polar surface area (TPSA) is 167 Å². The Morgan fingerprint density at radius 1 is 0.566 bits per heavy atom. The van der Waals surface area contributed by atoms with E-state index in [9.17, 15) is 49.1 Å². The average molecular weight is 1290 g/mol. The number of nitrogens with zero attached hydrogens (tertiary/aromatic N) is 2. The molecule has 0 bridgehead atoms. The van der Waals surface area contributed by atoms with Crippen molar-refractivity contribution in [1.29, 1.82) is 0 Å². The zero-order valence-corrected chi connectivity index (χ0v) is 51.6. The minimum Gasteiger partial charge on any atom is -0.482 e. The van der Waals surface area contributed by atoms with Crippen LogP contribution in [0.3, 0.4) is 0 Å². The van der Waals surface area contributed by atoms with E-state index in [-0.39, 0.29) is 37.3 Å². The van der Waals surface area contributed by atoms with Gasteiger partial charge in [0.25, 0.3) is 9.05 Å². The van der Waals surface area contributed by atoms with E-state index in [4.69, 9.17) is 50.7 Å². The second-order valence-electron chi connectivity index (χ2n) is 17.2. The van der Waals surface area contributed by atoms with Crippen LogP contribution in [-0.2, 0) is 61.6 Å². The van der Waals surface area contributed by atoms with Gasteiger partial charge in [-0.25, -0.2) is 32.8 Å². The molecule has 448 valence electrons. The molecule has 0 unspecified atom stereocenters. The monoisotopic (exact) mass is 1290 g/mol. The third-order valence-corrected chi connectivity index (χ3v) is 16.6. The maximum atomic E-state index is 12.8. The van der Waals surface area contributed by atoms with E-state index in [1.54, 1.807) is 45.5 Å². The third-order valence-electron chi connectivity index (χ3n) is 10.9. The van der Waals surface area contributed by atoms with Crippen LogP contribution in [0, 0.1) is 34.6 Å². The number of halogens is 8. The maximum Gasteiger partial charge on any atom is 0.416 e. The largest absolute Gasteiger partial charge is 0.482 e. The molecule has 0 spiro atoms. The Hall–Kier alpha value is -6.02. The Bertz CT molecular complexity index is 3380. The Morgan fingerprint density at radius 3 is 1.31 bits per heavy atom. The molecule has 7 rings (SSSR count). The quantitative estimate of drug-likeness (QED) is 0.0154. The molecule has 0 radical (unpaired) electrons. The van der Waals surface area contributed by atoms with E-state index in [1.807, 2.05) is 58.0 Å². The molecule has 26 heteroatoms. The van der Waals surface area contributed by atoms with Gasteiger partial charge >= 0.3 is 30.3 Å². The Balaban J connectivity index is 0.000000251. The molecular weight excluding hydrogens is 1230 g/mol. The van der Waals surface area contributed by atoms with Gasteiger partial charge in [-0.15, -0.1) is 58.7 Å². The number of aryl methyl sites for hydroxylation is 5. The molecule has 2 heterocycles.